The van der Waals surface area contributed by atoms with E-state index in [9.17, 15) is 0 Å². The molecule has 6 nitrogen and oxygen atoms in total. The average molecular weight is 401 g/mol. The van der Waals surface area contributed by atoms with Crippen LogP contribution in [0.25, 0.3) is 33.2 Å². The highest BCUT2D eigenvalue weighted by Crippen LogP contribution is 2.35. The van der Waals surface area contributed by atoms with Crippen molar-refractivity contribution in [1.82, 2.24) is 25.5 Å². The van der Waals surface area contributed by atoms with E-state index in [0.29, 0.717) is 5.92 Å². The van der Waals surface area contributed by atoms with Gasteiger partial charge in [0.1, 0.15) is 5.69 Å². The largest absolute Gasteiger partial charge is 0.371 e. The number of aromatic amines is 2. The van der Waals surface area contributed by atoms with E-state index in [1.165, 1.54) is 41.5 Å². The van der Waals surface area contributed by atoms with Crippen molar-refractivity contribution in [2.24, 2.45) is 0 Å². The summed E-state index contributed by atoms with van der Waals surface area (Å²) in [4.78, 5) is 10.9. The molecule has 3 N–H and O–H groups in total. The third kappa shape index (κ3) is 3.06. The van der Waals surface area contributed by atoms with Gasteiger partial charge in [-0.25, -0.2) is 0 Å². The Hall–Kier alpha value is -2.86. The van der Waals surface area contributed by atoms with E-state index in [2.05, 4.69) is 55.7 Å². The summed E-state index contributed by atoms with van der Waals surface area (Å²) in [6.07, 6.45) is 8.16. The quantitative estimate of drug-likeness (QED) is 0.471. The molecule has 154 valence electrons. The highest BCUT2D eigenvalue weighted by Gasteiger charge is 2.20. The average Bonchev–Trinajstić information content (AvgIpc) is 3.43. The number of hydrogen-bond donors (Lipinski definition) is 3. The number of H-pyrrole nitrogens is 2. The SMILES string of the molecule is c1cc(N2CCCCC2)c2cc(-c3n[nH]c4cnc(C5CCNCC5)cc34)[nH]c2c1. The summed E-state index contributed by atoms with van der Waals surface area (Å²) in [6, 6.07) is 11.1. The first kappa shape index (κ1) is 18.0. The monoisotopic (exact) mass is 400 g/mol. The van der Waals surface area contributed by atoms with Crippen molar-refractivity contribution >= 4 is 27.5 Å². The highest BCUT2D eigenvalue weighted by atomic mass is 15.1. The molecular weight excluding hydrogens is 372 g/mol. The standard InChI is InChI=1S/C24H28N6/c1-2-11-30(12-3-1)23-6-4-5-19-17(23)13-21(27-19)24-18-14-20(16-7-9-25-10-8-16)26-15-22(18)28-29-24/h4-6,13-16,25,27H,1-3,7-12H2,(H,28,29). The van der Waals surface area contributed by atoms with Crippen LogP contribution in [0.5, 0.6) is 0 Å². The fraction of sp³-hybridized carbons (Fsp3) is 0.417. The zero-order valence-corrected chi connectivity index (χ0v) is 17.2. The summed E-state index contributed by atoms with van der Waals surface area (Å²) in [5, 5.41) is 13.7. The van der Waals surface area contributed by atoms with Crippen LogP contribution in [0.3, 0.4) is 0 Å². The Bertz CT molecular complexity index is 1180. The predicted molar refractivity (Wildman–Crippen MR) is 122 cm³/mol. The third-order valence-corrected chi connectivity index (χ3v) is 6.82. The molecule has 0 amide bonds. The Morgan fingerprint density at radius 3 is 2.67 bits per heavy atom. The molecule has 0 unspecified atom stereocenters. The molecule has 2 saturated heterocycles. The maximum atomic E-state index is 4.74. The first-order valence-corrected chi connectivity index (χ1v) is 11.3. The molecule has 0 saturated carbocycles. The lowest BCUT2D eigenvalue weighted by Gasteiger charge is -2.29. The molecule has 6 heteroatoms. The van der Waals surface area contributed by atoms with E-state index >= 15 is 0 Å². The Balaban J connectivity index is 1.42. The van der Waals surface area contributed by atoms with E-state index in [1.807, 2.05) is 6.20 Å². The maximum Gasteiger partial charge on any atom is 0.116 e. The van der Waals surface area contributed by atoms with Crippen molar-refractivity contribution in [2.75, 3.05) is 31.1 Å². The van der Waals surface area contributed by atoms with Crippen molar-refractivity contribution in [2.45, 2.75) is 38.0 Å². The third-order valence-electron chi connectivity index (χ3n) is 6.82. The van der Waals surface area contributed by atoms with Gasteiger partial charge in [-0.2, -0.15) is 5.10 Å². The molecule has 4 aromatic rings. The zero-order valence-electron chi connectivity index (χ0n) is 17.2. The minimum absolute atomic E-state index is 0.534. The van der Waals surface area contributed by atoms with Crippen LogP contribution in [0, 0.1) is 0 Å². The van der Waals surface area contributed by atoms with Crippen LogP contribution < -0.4 is 10.2 Å². The number of benzene rings is 1. The number of rotatable bonds is 3. The number of pyridine rings is 1. The number of piperidine rings is 2. The first-order valence-electron chi connectivity index (χ1n) is 11.3. The van der Waals surface area contributed by atoms with Crippen molar-refractivity contribution in [3.63, 3.8) is 0 Å². The number of anilines is 1. The van der Waals surface area contributed by atoms with Crippen LogP contribution in [0.4, 0.5) is 5.69 Å². The van der Waals surface area contributed by atoms with Crippen molar-refractivity contribution < 1.29 is 0 Å². The lowest BCUT2D eigenvalue weighted by molar-refractivity contribution is 0.453. The molecule has 6 rings (SSSR count). The van der Waals surface area contributed by atoms with Gasteiger partial charge in [0.2, 0.25) is 0 Å². The van der Waals surface area contributed by atoms with Gasteiger partial charge >= 0.3 is 0 Å². The minimum atomic E-state index is 0.534. The van der Waals surface area contributed by atoms with E-state index in [4.69, 9.17) is 4.98 Å². The topological polar surface area (TPSA) is 72.6 Å². The van der Waals surface area contributed by atoms with Gasteiger partial charge < -0.3 is 15.2 Å². The molecule has 30 heavy (non-hydrogen) atoms. The number of aromatic nitrogens is 4. The molecule has 0 radical (unpaired) electrons. The normalized spacial score (nSPS) is 18.5. The molecule has 2 aliphatic rings. The summed E-state index contributed by atoms with van der Waals surface area (Å²) < 4.78 is 0. The van der Waals surface area contributed by atoms with Crippen LogP contribution >= 0.6 is 0 Å². The van der Waals surface area contributed by atoms with Crippen molar-refractivity contribution in [1.29, 1.82) is 0 Å². The van der Waals surface area contributed by atoms with Crippen LogP contribution in [-0.2, 0) is 0 Å². The molecule has 0 aliphatic carbocycles. The van der Waals surface area contributed by atoms with E-state index < -0.39 is 0 Å². The smallest absolute Gasteiger partial charge is 0.116 e. The molecule has 2 aliphatic heterocycles. The second kappa shape index (κ2) is 7.43. The van der Waals surface area contributed by atoms with Gasteiger partial charge in [0.05, 0.1) is 17.4 Å². The Morgan fingerprint density at radius 2 is 1.80 bits per heavy atom. The molecule has 5 heterocycles. The van der Waals surface area contributed by atoms with Crippen molar-refractivity contribution in [3.05, 3.63) is 42.2 Å². The number of hydrogen-bond acceptors (Lipinski definition) is 4. The summed E-state index contributed by atoms with van der Waals surface area (Å²) in [5.41, 5.74) is 6.77. The second-order valence-electron chi connectivity index (χ2n) is 8.72. The summed E-state index contributed by atoms with van der Waals surface area (Å²) in [5.74, 6) is 0.534. The van der Waals surface area contributed by atoms with Gasteiger partial charge in [0, 0.05) is 46.7 Å². The van der Waals surface area contributed by atoms with Crippen LogP contribution in [-0.4, -0.2) is 46.3 Å². The molecular formula is C24H28N6. The molecule has 2 fully saturated rings. The van der Waals surface area contributed by atoms with E-state index in [-0.39, 0.29) is 0 Å². The predicted octanol–water partition coefficient (Wildman–Crippen LogP) is 4.56. The number of nitrogens with one attached hydrogen (secondary N) is 3. The second-order valence-corrected chi connectivity index (χ2v) is 8.72. The fourth-order valence-electron chi connectivity index (χ4n) is 5.16. The minimum Gasteiger partial charge on any atom is -0.371 e. The van der Waals surface area contributed by atoms with Gasteiger partial charge in [-0.3, -0.25) is 10.1 Å². The maximum absolute atomic E-state index is 4.74. The van der Waals surface area contributed by atoms with Crippen molar-refractivity contribution in [3.8, 4) is 11.4 Å². The highest BCUT2D eigenvalue weighted by molar-refractivity contribution is 5.99. The van der Waals surface area contributed by atoms with Crippen LogP contribution in [0.2, 0.25) is 0 Å². The molecule has 0 atom stereocenters. The fourth-order valence-corrected chi connectivity index (χ4v) is 5.16. The number of nitrogens with zero attached hydrogens (tertiary/aromatic N) is 3. The van der Waals surface area contributed by atoms with Gasteiger partial charge in [-0.05, 0) is 69.5 Å². The van der Waals surface area contributed by atoms with E-state index in [1.54, 1.807) is 0 Å². The summed E-state index contributed by atoms with van der Waals surface area (Å²) in [7, 11) is 0. The Morgan fingerprint density at radius 1 is 0.933 bits per heavy atom. The molecule has 3 aromatic heterocycles. The number of fused-ring (bicyclic) bond motifs is 2. The van der Waals surface area contributed by atoms with Crippen LogP contribution in [0.1, 0.15) is 43.7 Å². The van der Waals surface area contributed by atoms with Gasteiger partial charge in [-0.15, -0.1) is 0 Å². The van der Waals surface area contributed by atoms with Gasteiger partial charge in [0.15, 0.2) is 0 Å². The van der Waals surface area contributed by atoms with Gasteiger partial charge in [-0.1, -0.05) is 6.07 Å². The summed E-state index contributed by atoms with van der Waals surface area (Å²) >= 11 is 0. The summed E-state index contributed by atoms with van der Waals surface area (Å²) in [6.45, 7) is 4.44. The van der Waals surface area contributed by atoms with Crippen LogP contribution in [0.15, 0.2) is 36.5 Å². The van der Waals surface area contributed by atoms with Gasteiger partial charge in [0.25, 0.3) is 0 Å². The Labute approximate surface area is 176 Å². The zero-order chi connectivity index (χ0) is 19.9. The van der Waals surface area contributed by atoms with E-state index in [0.717, 1.165) is 61.3 Å². The lowest BCUT2D eigenvalue weighted by atomic mass is 9.93. The molecule has 0 spiro atoms. The lowest BCUT2D eigenvalue weighted by Crippen LogP contribution is -2.29. The first-order chi connectivity index (χ1) is 14.9. The molecule has 1 aromatic carbocycles. The molecule has 0 bridgehead atoms. The Kier molecular flexibility index (Phi) is 4.45.